The second-order valence-electron chi connectivity index (χ2n) is 14.6. The second-order valence-corrected chi connectivity index (χ2v) is 16.4. The summed E-state index contributed by atoms with van der Waals surface area (Å²) in [5.41, 5.74) is 5.84. The van der Waals surface area contributed by atoms with Gasteiger partial charge >= 0.3 is 0 Å². The highest BCUT2D eigenvalue weighted by atomic mass is 32.2. The van der Waals surface area contributed by atoms with Crippen LogP contribution in [0, 0.1) is 6.92 Å². The summed E-state index contributed by atoms with van der Waals surface area (Å²) in [7, 11) is -4.13. The average Bonchev–Trinajstić information content (AvgIpc) is 3.67. The Morgan fingerprint density at radius 2 is 1.00 bits per heavy atom. The second kappa shape index (κ2) is 18.5. The first-order chi connectivity index (χ1) is 28.4. The molecule has 1 aliphatic heterocycles. The minimum Gasteiger partial charge on any atom is -0.374 e. The number of aromatic nitrogens is 1. The van der Waals surface area contributed by atoms with Gasteiger partial charge in [0.15, 0.2) is 0 Å². The van der Waals surface area contributed by atoms with Crippen LogP contribution in [-0.2, 0) is 60.1 Å². The SMILES string of the molecule is Cc1ccc(S(=O)(=O)n2c([C@@H]3O[C@H](COCc4ccccc4)[C@@H](OCc4ccccc4)[C@H](OCc4ccccc4)[C@@H]3OCc3ccccc3)cc3ccccc32)cc1. The van der Waals surface area contributed by atoms with E-state index in [1.54, 1.807) is 12.1 Å². The summed E-state index contributed by atoms with van der Waals surface area (Å²) in [6.07, 6.45) is -3.86. The minimum atomic E-state index is -4.13. The molecule has 0 N–H and O–H groups in total. The van der Waals surface area contributed by atoms with Crippen LogP contribution in [0.15, 0.2) is 181 Å². The zero-order valence-corrected chi connectivity index (χ0v) is 33.2. The van der Waals surface area contributed by atoms with Crippen molar-refractivity contribution in [2.45, 2.75) is 68.8 Å². The van der Waals surface area contributed by atoms with E-state index in [2.05, 4.69) is 0 Å². The lowest BCUT2D eigenvalue weighted by molar-refractivity contribution is -0.275. The molecule has 2 heterocycles. The molecule has 58 heavy (non-hydrogen) atoms. The van der Waals surface area contributed by atoms with Crippen molar-refractivity contribution < 1.29 is 32.1 Å². The van der Waals surface area contributed by atoms with E-state index < -0.39 is 40.5 Å². The van der Waals surface area contributed by atoms with Crippen molar-refractivity contribution in [2.75, 3.05) is 6.61 Å². The van der Waals surface area contributed by atoms with E-state index in [1.165, 1.54) is 3.97 Å². The van der Waals surface area contributed by atoms with E-state index in [-0.39, 0.29) is 31.3 Å². The van der Waals surface area contributed by atoms with E-state index in [0.717, 1.165) is 33.2 Å². The maximum Gasteiger partial charge on any atom is 0.268 e. The van der Waals surface area contributed by atoms with Gasteiger partial charge in [0.1, 0.15) is 30.5 Å². The highest BCUT2D eigenvalue weighted by Crippen LogP contribution is 2.41. The fourth-order valence-corrected chi connectivity index (χ4v) is 9.01. The smallest absolute Gasteiger partial charge is 0.268 e. The minimum absolute atomic E-state index is 0.145. The molecule has 0 aliphatic carbocycles. The summed E-state index contributed by atoms with van der Waals surface area (Å²) in [5.74, 6) is 0. The Bertz CT molecular complexity index is 2460. The van der Waals surface area contributed by atoms with Crippen LogP contribution in [0.3, 0.4) is 0 Å². The molecule has 9 heteroatoms. The van der Waals surface area contributed by atoms with Gasteiger partial charge in [-0.3, -0.25) is 0 Å². The molecule has 1 fully saturated rings. The number of hydrogen-bond acceptors (Lipinski definition) is 7. The lowest BCUT2D eigenvalue weighted by Crippen LogP contribution is -2.58. The molecule has 0 bridgehead atoms. The van der Waals surface area contributed by atoms with Crippen LogP contribution in [0.4, 0.5) is 0 Å². The van der Waals surface area contributed by atoms with Crippen molar-refractivity contribution in [3.63, 3.8) is 0 Å². The third-order valence-corrected chi connectivity index (χ3v) is 12.2. The molecular weight excluding hydrogens is 747 g/mol. The van der Waals surface area contributed by atoms with Gasteiger partial charge in [0.25, 0.3) is 10.0 Å². The third-order valence-electron chi connectivity index (χ3n) is 10.4. The third kappa shape index (κ3) is 9.16. The molecule has 0 spiro atoms. The monoisotopic (exact) mass is 793 g/mol. The maximum atomic E-state index is 14.9. The summed E-state index contributed by atoms with van der Waals surface area (Å²) >= 11 is 0. The summed E-state index contributed by atoms with van der Waals surface area (Å²) in [5, 5.41) is 0.750. The Kier molecular flexibility index (Phi) is 12.6. The van der Waals surface area contributed by atoms with Gasteiger partial charge in [-0.2, -0.15) is 0 Å². The standard InChI is InChI=1S/C49H47NO7S/c1-36-26-28-42(29-27-36)58(51,52)50-43-25-15-14-24-41(43)30-44(50)46-48(55-33-39-20-10-4-11-21-39)49(56-34-40-22-12-5-13-23-40)47(54-32-38-18-8-3-9-19-38)45(57-46)35-53-31-37-16-6-2-7-17-37/h2-30,45-49H,31-35H2,1H3/t45-,46+,47-,48-,49+/m1/s1. The Morgan fingerprint density at radius 3 is 1.55 bits per heavy atom. The van der Waals surface area contributed by atoms with Gasteiger partial charge in [-0.15, -0.1) is 0 Å². The summed E-state index contributed by atoms with van der Waals surface area (Å²) < 4.78 is 65.5. The Labute approximate surface area is 340 Å². The van der Waals surface area contributed by atoms with E-state index in [9.17, 15) is 8.42 Å². The molecule has 0 radical (unpaired) electrons. The molecule has 296 valence electrons. The Hall–Kier alpha value is -5.39. The molecule has 1 saturated heterocycles. The number of ether oxygens (including phenoxy) is 5. The van der Waals surface area contributed by atoms with E-state index >= 15 is 0 Å². The zero-order chi connectivity index (χ0) is 39.7. The number of hydrogen-bond donors (Lipinski definition) is 0. The van der Waals surface area contributed by atoms with Crippen LogP contribution in [0.1, 0.15) is 39.6 Å². The highest BCUT2D eigenvalue weighted by molar-refractivity contribution is 7.90. The van der Waals surface area contributed by atoms with Crippen molar-refractivity contribution >= 4 is 20.9 Å². The Morgan fingerprint density at radius 1 is 0.534 bits per heavy atom. The first-order valence-corrected chi connectivity index (χ1v) is 21.0. The average molecular weight is 794 g/mol. The number of rotatable bonds is 16. The van der Waals surface area contributed by atoms with Crippen LogP contribution in [0.2, 0.25) is 0 Å². The van der Waals surface area contributed by atoms with Crippen LogP contribution in [-0.4, -0.2) is 43.4 Å². The molecule has 1 aliphatic rings. The number of para-hydroxylation sites is 1. The van der Waals surface area contributed by atoms with Crippen LogP contribution in [0.25, 0.3) is 10.9 Å². The topological polar surface area (TPSA) is 85.2 Å². The predicted octanol–water partition coefficient (Wildman–Crippen LogP) is 9.60. The largest absolute Gasteiger partial charge is 0.374 e. The quantitative estimate of drug-likeness (QED) is 0.0964. The summed E-state index contributed by atoms with van der Waals surface area (Å²) in [4.78, 5) is 0.168. The molecule has 8 nitrogen and oxygen atoms in total. The van der Waals surface area contributed by atoms with E-state index in [0.29, 0.717) is 17.8 Å². The fourth-order valence-electron chi connectivity index (χ4n) is 7.46. The van der Waals surface area contributed by atoms with Crippen molar-refractivity contribution in [3.05, 3.63) is 209 Å². The molecule has 1 aromatic heterocycles. The van der Waals surface area contributed by atoms with Gasteiger partial charge in [0.05, 0.1) is 49.1 Å². The van der Waals surface area contributed by atoms with Crippen molar-refractivity contribution in [3.8, 4) is 0 Å². The van der Waals surface area contributed by atoms with Crippen LogP contribution < -0.4 is 0 Å². The lowest BCUT2D eigenvalue weighted by Gasteiger charge is -2.46. The van der Waals surface area contributed by atoms with Gasteiger partial charge in [-0.1, -0.05) is 157 Å². The molecule has 0 saturated carbocycles. The molecule has 5 atom stereocenters. The van der Waals surface area contributed by atoms with Crippen molar-refractivity contribution in [2.24, 2.45) is 0 Å². The molecule has 8 rings (SSSR count). The van der Waals surface area contributed by atoms with Gasteiger partial charge < -0.3 is 23.7 Å². The first-order valence-electron chi connectivity index (χ1n) is 19.6. The number of fused-ring (bicyclic) bond motifs is 1. The normalized spacial score (nSPS) is 19.6. The summed E-state index contributed by atoms with van der Waals surface area (Å²) in [6.45, 7) is 3.20. The fraction of sp³-hybridized carbons (Fsp3) is 0.224. The number of aryl methyl sites for hydroxylation is 1. The van der Waals surface area contributed by atoms with Gasteiger partial charge in [-0.25, -0.2) is 12.4 Å². The van der Waals surface area contributed by atoms with Crippen molar-refractivity contribution in [1.82, 2.24) is 3.97 Å². The zero-order valence-electron chi connectivity index (χ0n) is 32.4. The first kappa shape index (κ1) is 39.4. The van der Waals surface area contributed by atoms with Gasteiger partial charge in [-0.05, 0) is 53.4 Å². The van der Waals surface area contributed by atoms with E-state index in [1.807, 2.05) is 171 Å². The van der Waals surface area contributed by atoms with Crippen LogP contribution >= 0.6 is 0 Å². The van der Waals surface area contributed by atoms with Crippen molar-refractivity contribution in [1.29, 1.82) is 0 Å². The molecule has 0 unspecified atom stereocenters. The van der Waals surface area contributed by atoms with E-state index in [4.69, 9.17) is 23.7 Å². The van der Waals surface area contributed by atoms with Gasteiger partial charge in [0, 0.05) is 5.39 Å². The predicted molar refractivity (Wildman–Crippen MR) is 224 cm³/mol. The summed E-state index contributed by atoms with van der Waals surface area (Å²) in [6, 6.07) is 56.1. The Balaban J connectivity index is 1.26. The molecule has 6 aromatic carbocycles. The highest BCUT2D eigenvalue weighted by Gasteiger charge is 2.50. The molecule has 7 aromatic rings. The number of benzene rings is 6. The van der Waals surface area contributed by atoms with Gasteiger partial charge in [0.2, 0.25) is 0 Å². The molecular formula is C49H47NO7S. The number of nitrogens with zero attached hydrogens (tertiary/aromatic N) is 1. The van der Waals surface area contributed by atoms with Crippen LogP contribution in [0.5, 0.6) is 0 Å². The lowest BCUT2D eigenvalue weighted by atomic mass is 9.92. The maximum absolute atomic E-state index is 14.9. The molecule has 0 amide bonds.